The highest BCUT2D eigenvalue weighted by Crippen LogP contribution is 2.29. The van der Waals surface area contributed by atoms with Crippen molar-refractivity contribution in [1.82, 2.24) is 10.6 Å². The highest BCUT2D eigenvalue weighted by Gasteiger charge is 2.27. The van der Waals surface area contributed by atoms with Gasteiger partial charge in [0, 0.05) is 38.0 Å². The minimum absolute atomic E-state index is 0.0927. The zero-order chi connectivity index (χ0) is 13.4. The lowest BCUT2D eigenvalue weighted by Crippen LogP contribution is -2.38. The third kappa shape index (κ3) is 5.14. The molecule has 1 aliphatic rings. The maximum atomic E-state index is 11.9. The van der Waals surface area contributed by atoms with Gasteiger partial charge >= 0.3 is 0 Å². The molecule has 5 heteroatoms. The molecular formula is C13H25N3O2. The zero-order valence-electron chi connectivity index (χ0n) is 11.2. The molecule has 4 N–H and O–H groups in total. The molecule has 0 aliphatic heterocycles. The molecule has 1 saturated carbocycles. The van der Waals surface area contributed by atoms with Crippen molar-refractivity contribution in [2.45, 2.75) is 32.6 Å². The Kier molecular flexibility index (Phi) is 6.90. The standard InChI is InChI=1S/C13H25N3O2/c1-10(17)11-2-4-12(5-3-11)13(18)16-9-8-15-7-6-14/h11-12,15H,2-9,14H2,1H3,(H,16,18)/t11-,12-. The first-order chi connectivity index (χ1) is 8.65. The second-order valence-corrected chi connectivity index (χ2v) is 4.99. The van der Waals surface area contributed by atoms with Crippen molar-refractivity contribution in [3.05, 3.63) is 0 Å². The lowest BCUT2D eigenvalue weighted by atomic mass is 9.80. The van der Waals surface area contributed by atoms with Crippen LogP contribution in [0.15, 0.2) is 0 Å². The van der Waals surface area contributed by atoms with Gasteiger partial charge in [-0.25, -0.2) is 0 Å². The lowest BCUT2D eigenvalue weighted by molar-refractivity contribution is -0.128. The molecular weight excluding hydrogens is 230 g/mol. The zero-order valence-corrected chi connectivity index (χ0v) is 11.2. The molecule has 0 heterocycles. The maximum Gasteiger partial charge on any atom is 0.223 e. The molecule has 0 bridgehead atoms. The van der Waals surface area contributed by atoms with Gasteiger partial charge in [0.1, 0.15) is 5.78 Å². The molecule has 0 aromatic heterocycles. The normalized spacial score (nSPS) is 23.7. The fourth-order valence-corrected chi connectivity index (χ4v) is 2.41. The third-order valence-electron chi connectivity index (χ3n) is 3.60. The molecule has 0 spiro atoms. The summed E-state index contributed by atoms with van der Waals surface area (Å²) in [4.78, 5) is 23.1. The number of carbonyl (C=O) groups excluding carboxylic acids is 2. The Hall–Kier alpha value is -0.940. The van der Waals surface area contributed by atoms with E-state index in [0.717, 1.165) is 38.8 Å². The van der Waals surface area contributed by atoms with Crippen LogP contribution in [0.25, 0.3) is 0 Å². The summed E-state index contributed by atoms with van der Waals surface area (Å²) in [5, 5.41) is 6.06. The number of rotatable bonds is 7. The van der Waals surface area contributed by atoms with E-state index in [-0.39, 0.29) is 23.5 Å². The van der Waals surface area contributed by atoms with E-state index in [4.69, 9.17) is 5.73 Å². The summed E-state index contributed by atoms with van der Waals surface area (Å²) in [5.74, 6) is 0.668. The van der Waals surface area contributed by atoms with E-state index >= 15 is 0 Å². The first-order valence-electron chi connectivity index (χ1n) is 6.84. The Labute approximate surface area is 109 Å². The van der Waals surface area contributed by atoms with Crippen molar-refractivity contribution in [3.8, 4) is 0 Å². The minimum Gasteiger partial charge on any atom is -0.355 e. The molecule has 1 rings (SSSR count). The van der Waals surface area contributed by atoms with E-state index in [9.17, 15) is 9.59 Å². The van der Waals surface area contributed by atoms with Crippen LogP contribution in [0.4, 0.5) is 0 Å². The van der Waals surface area contributed by atoms with E-state index < -0.39 is 0 Å². The number of hydrogen-bond donors (Lipinski definition) is 3. The van der Waals surface area contributed by atoms with Crippen LogP contribution in [-0.2, 0) is 9.59 Å². The van der Waals surface area contributed by atoms with E-state index in [1.807, 2.05) is 0 Å². The van der Waals surface area contributed by atoms with Gasteiger partial charge in [0.25, 0.3) is 0 Å². The van der Waals surface area contributed by atoms with Crippen molar-refractivity contribution in [3.63, 3.8) is 0 Å². The molecule has 0 aromatic rings. The number of ketones is 1. The smallest absolute Gasteiger partial charge is 0.223 e. The minimum atomic E-state index is 0.0927. The van der Waals surface area contributed by atoms with E-state index in [2.05, 4.69) is 10.6 Å². The van der Waals surface area contributed by atoms with Gasteiger partial charge in [-0.05, 0) is 32.6 Å². The number of nitrogens with two attached hydrogens (primary N) is 1. The molecule has 0 saturated heterocycles. The third-order valence-corrected chi connectivity index (χ3v) is 3.60. The van der Waals surface area contributed by atoms with Gasteiger partial charge in [0.15, 0.2) is 0 Å². The molecule has 1 fully saturated rings. The van der Waals surface area contributed by atoms with Gasteiger partial charge in [-0.3, -0.25) is 9.59 Å². The van der Waals surface area contributed by atoms with Crippen LogP contribution in [0.1, 0.15) is 32.6 Å². The van der Waals surface area contributed by atoms with Crippen LogP contribution in [0.2, 0.25) is 0 Å². The van der Waals surface area contributed by atoms with Gasteiger partial charge < -0.3 is 16.4 Å². The molecule has 104 valence electrons. The Bertz CT molecular complexity index is 273. The monoisotopic (exact) mass is 255 g/mol. The van der Waals surface area contributed by atoms with Crippen molar-refractivity contribution < 1.29 is 9.59 Å². The van der Waals surface area contributed by atoms with Crippen LogP contribution in [0, 0.1) is 11.8 Å². The summed E-state index contributed by atoms with van der Waals surface area (Å²) in [5.41, 5.74) is 5.35. The SMILES string of the molecule is CC(=O)[C@H]1CC[C@H](C(=O)NCCNCCN)CC1. The number of Topliss-reactive ketones (excluding diaryl/α,β-unsaturated/α-hetero) is 1. The highest BCUT2D eigenvalue weighted by atomic mass is 16.2. The summed E-state index contributed by atoms with van der Waals surface area (Å²) >= 11 is 0. The molecule has 1 amide bonds. The Morgan fingerprint density at radius 3 is 2.22 bits per heavy atom. The summed E-state index contributed by atoms with van der Waals surface area (Å²) in [6, 6.07) is 0. The van der Waals surface area contributed by atoms with Gasteiger partial charge in [-0.15, -0.1) is 0 Å². The van der Waals surface area contributed by atoms with Crippen LogP contribution in [-0.4, -0.2) is 37.9 Å². The number of nitrogens with one attached hydrogen (secondary N) is 2. The predicted molar refractivity (Wildman–Crippen MR) is 71.1 cm³/mol. The van der Waals surface area contributed by atoms with Gasteiger partial charge in [0.2, 0.25) is 5.91 Å². The Balaban J connectivity index is 2.14. The molecule has 0 atom stereocenters. The molecule has 0 aromatic carbocycles. The average molecular weight is 255 g/mol. The fraction of sp³-hybridized carbons (Fsp3) is 0.846. The molecule has 5 nitrogen and oxygen atoms in total. The second kappa shape index (κ2) is 8.21. The fourth-order valence-electron chi connectivity index (χ4n) is 2.41. The number of hydrogen-bond acceptors (Lipinski definition) is 4. The van der Waals surface area contributed by atoms with E-state index in [1.165, 1.54) is 0 Å². The largest absolute Gasteiger partial charge is 0.355 e. The van der Waals surface area contributed by atoms with Crippen LogP contribution in [0.3, 0.4) is 0 Å². The average Bonchev–Trinajstić information content (AvgIpc) is 2.38. The Morgan fingerprint density at radius 2 is 1.67 bits per heavy atom. The van der Waals surface area contributed by atoms with Crippen LogP contribution >= 0.6 is 0 Å². The summed E-state index contributed by atoms with van der Waals surface area (Å²) in [6.07, 6.45) is 3.40. The van der Waals surface area contributed by atoms with E-state index in [0.29, 0.717) is 13.1 Å². The van der Waals surface area contributed by atoms with Crippen molar-refractivity contribution in [2.24, 2.45) is 17.6 Å². The van der Waals surface area contributed by atoms with Crippen LogP contribution in [0.5, 0.6) is 0 Å². The van der Waals surface area contributed by atoms with Gasteiger partial charge in [-0.1, -0.05) is 0 Å². The van der Waals surface area contributed by atoms with Crippen molar-refractivity contribution in [1.29, 1.82) is 0 Å². The molecule has 0 radical (unpaired) electrons. The van der Waals surface area contributed by atoms with Crippen LogP contribution < -0.4 is 16.4 Å². The van der Waals surface area contributed by atoms with Gasteiger partial charge in [0.05, 0.1) is 0 Å². The topological polar surface area (TPSA) is 84.2 Å². The number of carbonyl (C=O) groups is 2. The summed E-state index contributed by atoms with van der Waals surface area (Å²) in [7, 11) is 0. The summed E-state index contributed by atoms with van der Waals surface area (Å²) in [6.45, 7) is 4.44. The molecule has 1 aliphatic carbocycles. The van der Waals surface area contributed by atoms with Crippen molar-refractivity contribution in [2.75, 3.05) is 26.2 Å². The first-order valence-corrected chi connectivity index (χ1v) is 6.84. The molecule has 0 unspecified atom stereocenters. The Morgan fingerprint density at radius 1 is 1.06 bits per heavy atom. The predicted octanol–water partition coefficient (Wildman–Crippen LogP) is 0.0463. The van der Waals surface area contributed by atoms with Gasteiger partial charge in [-0.2, -0.15) is 0 Å². The first kappa shape index (κ1) is 15.1. The lowest BCUT2D eigenvalue weighted by Gasteiger charge is -2.26. The quantitative estimate of drug-likeness (QED) is 0.561. The summed E-state index contributed by atoms with van der Waals surface area (Å²) < 4.78 is 0. The number of amides is 1. The highest BCUT2D eigenvalue weighted by molar-refractivity contribution is 5.80. The van der Waals surface area contributed by atoms with Crippen molar-refractivity contribution >= 4 is 11.7 Å². The van der Waals surface area contributed by atoms with E-state index in [1.54, 1.807) is 6.92 Å². The molecule has 18 heavy (non-hydrogen) atoms. The maximum absolute atomic E-state index is 11.9. The second-order valence-electron chi connectivity index (χ2n) is 4.99.